The van der Waals surface area contributed by atoms with Crippen molar-refractivity contribution in [1.82, 2.24) is 4.90 Å². The number of amides is 1. The van der Waals surface area contributed by atoms with Crippen molar-refractivity contribution in [2.75, 3.05) is 26.3 Å². The highest BCUT2D eigenvalue weighted by molar-refractivity contribution is 5.79. The molecule has 0 aromatic rings. The first-order valence-corrected chi connectivity index (χ1v) is 6.29. The highest BCUT2D eigenvalue weighted by Gasteiger charge is 2.45. The minimum absolute atomic E-state index is 0.256. The molecule has 0 N–H and O–H groups in total. The normalized spacial score (nSPS) is 25.4. The maximum absolute atomic E-state index is 13.2. The number of carbonyl (C=O) groups excluding carboxylic acids is 1. The van der Waals surface area contributed by atoms with Crippen molar-refractivity contribution in [2.24, 2.45) is 5.92 Å². The lowest BCUT2D eigenvalue weighted by Gasteiger charge is -2.40. The van der Waals surface area contributed by atoms with Gasteiger partial charge in [-0.15, -0.1) is 0 Å². The second-order valence-electron chi connectivity index (χ2n) is 5.15. The summed E-state index contributed by atoms with van der Waals surface area (Å²) in [5.74, 6) is -5.59. The molecular formula is C12H19F2NO3. The van der Waals surface area contributed by atoms with E-state index >= 15 is 0 Å². The fraction of sp³-hybridized carbons (Fsp3) is 0.917. The molecule has 2 heterocycles. The molecule has 1 spiro atoms. The third-order valence-electron chi connectivity index (χ3n) is 3.67. The van der Waals surface area contributed by atoms with Gasteiger partial charge in [0.05, 0.1) is 25.7 Å². The Balaban J connectivity index is 2.03. The zero-order valence-electron chi connectivity index (χ0n) is 10.7. The van der Waals surface area contributed by atoms with E-state index < -0.39 is 23.5 Å². The molecule has 0 aliphatic carbocycles. The Morgan fingerprint density at radius 3 is 2.56 bits per heavy atom. The summed E-state index contributed by atoms with van der Waals surface area (Å²) in [7, 11) is 0. The number of ether oxygens (including phenoxy) is 2. The Hall–Kier alpha value is -0.750. The SMILES string of the molecule is CC(C(=O)N1CCCC2(C1)OCCO2)C(C)(F)F. The van der Waals surface area contributed by atoms with Gasteiger partial charge >= 0.3 is 0 Å². The predicted octanol–water partition coefficient (Wildman–Crippen LogP) is 1.64. The van der Waals surface area contributed by atoms with Crippen LogP contribution in [0.3, 0.4) is 0 Å². The van der Waals surface area contributed by atoms with Crippen LogP contribution in [0.2, 0.25) is 0 Å². The number of rotatable bonds is 2. The van der Waals surface area contributed by atoms with E-state index in [1.54, 1.807) is 0 Å². The monoisotopic (exact) mass is 263 g/mol. The van der Waals surface area contributed by atoms with Gasteiger partial charge in [0.2, 0.25) is 5.91 Å². The lowest BCUT2D eigenvalue weighted by atomic mass is 9.99. The highest BCUT2D eigenvalue weighted by atomic mass is 19.3. The molecule has 2 aliphatic rings. The van der Waals surface area contributed by atoms with Crippen LogP contribution < -0.4 is 0 Å². The molecule has 2 aliphatic heterocycles. The molecule has 0 bridgehead atoms. The summed E-state index contributed by atoms with van der Waals surface area (Å²) in [6.07, 6.45) is 1.43. The molecule has 0 saturated carbocycles. The van der Waals surface area contributed by atoms with E-state index in [1.807, 2.05) is 0 Å². The molecule has 2 fully saturated rings. The maximum Gasteiger partial charge on any atom is 0.256 e. The third kappa shape index (κ3) is 2.64. The Labute approximate surface area is 105 Å². The van der Waals surface area contributed by atoms with Gasteiger partial charge in [0.15, 0.2) is 5.79 Å². The van der Waals surface area contributed by atoms with Crippen molar-refractivity contribution >= 4 is 5.91 Å². The molecule has 1 unspecified atom stereocenters. The second-order valence-corrected chi connectivity index (χ2v) is 5.15. The summed E-state index contributed by atoms with van der Waals surface area (Å²) in [5, 5.41) is 0. The summed E-state index contributed by atoms with van der Waals surface area (Å²) < 4.78 is 37.4. The van der Waals surface area contributed by atoms with Gasteiger partial charge in [-0.1, -0.05) is 0 Å². The molecule has 0 aromatic carbocycles. The van der Waals surface area contributed by atoms with Crippen LogP contribution in [-0.4, -0.2) is 48.8 Å². The van der Waals surface area contributed by atoms with Crippen LogP contribution in [0.25, 0.3) is 0 Å². The molecule has 1 amide bonds. The van der Waals surface area contributed by atoms with Crippen LogP contribution in [0.15, 0.2) is 0 Å². The van der Waals surface area contributed by atoms with Gasteiger partial charge in [0.1, 0.15) is 0 Å². The summed E-state index contributed by atoms with van der Waals surface area (Å²) in [6, 6.07) is 0. The fourth-order valence-electron chi connectivity index (χ4n) is 2.40. The molecular weight excluding hydrogens is 244 g/mol. The van der Waals surface area contributed by atoms with Crippen molar-refractivity contribution in [3.63, 3.8) is 0 Å². The Morgan fingerprint density at radius 1 is 1.39 bits per heavy atom. The molecule has 0 aromatic heterocycles. The van der Waals surface area contributed by atoms with Gasteiger partial charge in [-0.2, -0.15) is 0 Å². The summed E-state index contributed by atoms with van der Waals surface area (Å²) >= 11 is 0. The molecule has 6 heteroatoms. The van der Waals surface area contributed by atoms with Crippen molar-refractivity contribution < 1.29 is 23.0 Å². The second kappa shape index (κ2) is 4.74. The van der Waals surface area contributed by atoms with Crippen LogP contribution >= 0.6 is 0 Å². The van der Waals surface area contributed by atoms with Gasteiger partial charge in [0, 0.05) is 19.9 Å². The number of alkyl halides is 2. The van der Waals surface area contributed by atoms with Crippen LogP contribution in [-0.2, 0) is 14.3 Å². The molecule has 2 rings (SSSR count). The van der Waals surface area contributed by atoms with Gasteiger partial charge in [-0.25, -0.2) is 8.78 Å². The predicted molar refractivity (Wildman–Crippen MR) is 60.2 cm³/mol. The van der Waals surface area contributed by atoms with Gasteiger partial charge < -0.3 is 14.4 Å². The van der Waals surface area contributed by atoms with Crippen molar-refractivity contribution in [3.8, 4) is 0 Å². The number of likely N-dealkylation sites (tertiary alicyclic amines) is 1. The lowest BCUT2D eigenvalue weighted by molar-refractivity contribution is -0.197. The van der Waals surface area contributed by atoms with E-state index in [0.717, 1.165) is 6.92 Å². The molecule has 0 radical (unpaired) electrons. The number of carbonyl (C=O) groups is 1. The van der Waals surface area contributed by atoms with Crippen LogP contribution in [0.4, 0.5) is 8.78 Å². The molecule has 104 valence electrons. The minimum atomic E-state index is -3.00. The Bertz CT molecular complexity index is 324. The molecule has 1 atom stereocenters. The Kier molecular flexibility index (Phi) is 3.60. The van der Waals surface area contributed by atoms with Gasteiger partial charge in [0.25, 0.3) is 5.92 Å². The van der Waals surface area contributed by atoms with Crippen LogP contribution in [0.1, 0.15) is 26.7 Å². The van der Waals surface area contributed by atoms with Crippen molar-refractivity contribution in [2.45, 2.75) is 38.4 Å². The average Bonchev–Trinajstić information content (AvgIpc) is 2.74. The molecule has 4 nitrogen and oxygen atoms in total. The van der Waals surface area contributed by atoms with E-state index in [4.69, 9.17) is 9.47 Å². The first-order chi connectivity index (χ1) is 8.34. The molecule has 18 heavy (non-hydrogen) atoms. The van der Waals surface area contributed by atoms with E-state index in [1.165, 1.54) is 11.8 Å². The van der Waals surface area contributed by atoms with Crippen molar-refractivity contribution in [1.29, 1.82) is 0 Å². The minimum Gasteiger partial charge on any atom is -0.346 e. The topological polar surface area (TPSA) is 38.8 Å². The Morgan fingerprint density at radius 2 is 2.00 bits per heavy atom. The van der Waals surface area contributed by atoms with E-state index in [0.29, 0.717) is 32.6 Å². The standard InChI is InChI=1S/C12H19F2NO3/c1-9(11(2,13)14)10(16)15-5-3-4-12(8-15)17-6-7-18-12/h9H,3-8H2,1-2H3. The van der Waals surface area contributed by atoms with Crippen LogP contribution in [0.5, 0.6) is 0 Å². The summed E-state index contributed by atoms with van der Waals surface area (Å²) in [5.41, 5.74) is 0. The fourth-order valence-corrected chi connectivity index (χ4v) is 2.40. The number of hydrogen-bond donors (Lipinski definition) is 0. The third-order valence-corrected chi connectivity index (χ3v) is 3.67. The van der Waals surface area contributed by atoms with Crippen LogP contribution in [0, 0.1) is 5.92 Å². The van der Waals surface area contributed by atoms with E-state index in [2.05, 4.69) is 0 Å². The number of halogens is 2. The quantitative estimate of drug-likeness (QED) is 0.760. The summed E-state index contributed by atoms with van der Waals surface area (Å²) in [4.78, 5) is 13.5. The largest absolute Gasteiger partial charge is 0.346 e. The van der Waals surface area contributed by atoms with E-state index in [9.17, 15) is 13.6 Å². The van der Waals surface area contributed by atoms with E-state index in [-0.39, 0.29) is 6.54 Å². The zero-order chi connectivity index (χ0) is 13.4. The molecule has 2 saturated heterocycles. The smallest absolute Gasteiger partial charge is 0.256 e. The first kappa shape index (κ1) is 13.7. The maximum atomic E-state index is 13.2. The highest BCUT2D eigenvalue weighted by Crippen LogP contribution is 2.32. The first-order valence-electron chi connectivity index (χ1n) is 6.29. The van der Waals surface area contributed by atoms with Crippen molar-refractivity contribution in [3.05, 3.63) is 0 Å². The average molecular weight is 263 g/mol. The zero-order valence-corrected chi connectivity index (χ0v) is 10.7. The number of piperidine rings is 1. The number of hydrogen-bond acceptors (Lipinski definition) is 3. The van der Waals surface area contributed by atoms with Gasteiger partial charge in [-0.3, -0.25) is 4.79 Å². The van der Waals surface area contributed by atoms with Gasteiger partial charge in [-0.05, 0) is 13.3 Å². The summed E-state index contributed by atoms with van der Waals surface area (Å²) in [6.45, 7) is 3.79. The lowest BCUT2D eigenvalue weighted by Crippen LogP contribution is -2.53. The number of nitrogens with zero attached hydrogens (tertiary/aromatic N) is 1.